The summed E-state index contributed by atoms with van der Waals surface area (Å²) in [7, 11) is 0. The zero-order chi connectivity index (χ0) is 17.0. The van der Waals surface area contributed by atoms with E-state index in [1.54, 1.807) is 20.8 Å². The third-order valence-corrected chi connectivity index (χ3v) is 4.07. The maximum atomic E-state index is 12.3. The zero-order valence-corrected chi connectivity index (χ0v) is 14.9. The standard InChI is InChI=1S/C17H19BrO5/c1-4-21-16(19)13-10(3)23-15(17(20)22-5-2)14(13)11-6-8-12(18)9-7-11/h6-9,14-15H,4-5H2,1-3H3/t14-,15-/m0/s1. The molecule has 124 valence electrons. The molecule has 1 aliphatic rings. The van der Waals surface area contributed by atoms with Crippen molar-refractivity contribution >= 4 is 27.9 Å². The number of halogens is 1. The highest BCUT2D eigenvalue weighted by molar-refractivity contribution is 9.10. The van der Waals surface area contributed by atoms with Gasteiger partial charge in [0.1, 0.15) is 5.76 Å². The molecule has 2 atom stereocenters. The summed E-state index contributed by atoms with van der Waals surface area (Å²) in [6.07, 6.45) is -0.879. The molecule has 0 unspecified atom stereocenters. The fraction of sp³-hybridized carbons (Fsp3) is 0.412. The van der Waals surface area contributed by atoms with Gasteiger partial charge in [-0.15, -0.1) is 0 Å². The molecule has 0 fully saturated rings. The lowest BCUT2D eigenvalue weighted by atomic mass is 9.87. The highest BCUT2D eigenvalue weighted by Crippen LogP contribution is 2.40. The van der Waals surface area contributed by atoms with E-state index >= 15 is 0 Å². The van der Waals surface area contributed by atoms with Crippen molar-refractivity contribution < 1.29 is 23.8 Å². The largest absolute Gasteiger partial charge is 0.482 e. The van der Waals surface area contributed by atoms with E-state index in [1.807, 2.05) is 24.3 Å². The second-order valence-corrected chi connectivity index (χ2v) is 5.93. The second-order valence-electron chi connectivity index (χ2n) is 5.01. The van der Waals surface area contributed by atoms with E-state index in [4.69, 9.17) is 14.2 Å². The Bertz CT molecular complexity index is 620. The van der Waals surface area contributed by atoms with Gasteiger partial charge in [-0.1, -0.05) is 28.1 Å². The predicted molar refractivity (Wildman–Crippen MR) is 87.7 cm³/mol. The minimum atomic E-state index is -0.879. The lowest BCUT2D eigenvalue weighted by molar-refractivity contribution is -0.153. The van der Waals surface area contributed by atoms with E-state index in [2.05, 4.69) is 15.9 Å². The van der Waals surface area contributed by atoms with Crippen molar-refractivity contribution in [2.45, 2.75) is 32.8 Å². The van der Waals surface area contributed by atoms with Crippen LogP contribution in [0.3, 0.4) is 0 Å². The van der Waals surface area contributed by atoms with Crippen molar-refractivity contribution in [2.75, 3.05) is 13.2 Å². The normalized spacial score (nSPS) is 20.2. The summed E-state index contributed by atoms with van der Waals surface area (Å²) < 4.78 is 16.8. The molecule has 23 heavy (non-hydrogen) atoms. The predicted octanol–water partition coefficient (Wildman–Crippen LogP) is 3.33. The SMILES string of the molecule is CCOC(=O)C1=C(C)O[C@H](C(=O)OCC)[C@H]1c1ccc(Br)cc1. The summed E-state index contributed by atoms with van der Waals surface area (Å²) >= 11 is 3.38. The lowest BCUT2D eigenvalue weighted by Crippen LogP contribution is -2.30. The molecule has 6 heteroatoms. The molecular weight excluding hydrogens is 364 g/mol. The molecule has 1 aliphatic heterocycles. The average Bonchev–Trinajstić information content (AvgIpc) is 2.86. The first-order valence-corrected chi connectivity index (χ1v) is 8.25. The van der Waals surface area contributed by atoms with Crippen molar-refractivity contribution in [3.63, 3.8) is 0 Å². The Hall–Kier alpha value is -1.82. The van der Waals surface area contributed by atoms with E-state index in [0.29, 0.717) is 11.3 Å². The number of carbonyl (C=O) groups is 2. The summed E-state index contributed by atoms with van der Waals surface area (Å²) in [5, 5.41) is 0. The van der Waals surface area contributed by atoms with Crippen LogP contribution in [0.2, 0.25) is 0 Å². The number of carbonyl (C=O) groups excluding carboxylic acids is 2. The molecule has 0 saturated heterocycles. The zero-order valence-electron chi connectivity index (χ0n) is 13.3. The van der Waals surface area contributed by atoms with Gasteiger partial charge in [0.15, 0.2) is 0 Å². The van der Waals surface area contributed by atoms with Crippen LogP contribution >= 0.6 is 15.9 Å². The summed E-state index contributed by atoms with van der Waals surface area (Å²) in [4.78, 5) is 24.5. The third-order valence-electron chi connectivity index (χ3n) is 3.54. The molecule has 0 bridgehead atoms. The van der Waals surface area contributed by atoms with E-state index in [1.165, 1.54) is 0 Å². The van der Waals surface area contributed by atoms with E-state index in [0.717, 1.165) is 10.0 Å². The first-order valence-electron chi connectivity index (χ1n) is 7.46. The lowest BCUT2D eigenvalue weighted by Gasteiger charge is -2.20. The van der Waals surface area contributed by atoms with Crippen molar-refractivity contribution in [3.8, 4) is 0 Å². The van der Waals surface area contributed by atoms with Crippen LogP contribution in [-0.2, 0) is 23.8 Å². The molecule has 0 aliphatic carbocycles. The van der Waals surface area contributed by atoms with Crippen molar-refractivity contribution in [2.24, 2.45) is 0 Å². The molecule has 0 aromatic heterocycles. The van der Waals surface area contributed by atoms with Gasteiger partial charge in [-0.2, -0.15) is 0 Å². The van der Waals surface area contributed by atoms with E-state index in [9.17, 15) is 9.59 Å². The van der Waals surface area contributed by atoms with Gasteiger partial charge >= 0.3 is 11.9 Å². The fourth-order valence-corrected chi connectivity index (χ4v) is 2.86. The van der Waals surface area contributed by atoms with Crippen LogP contribution in [0, 0.1) is 0 Å². The molecule has 1 aromatic rings. The Morgan fingerprint density at radius 2 is 1.74 bits per heavy atom. The molecular formula is C17H19BrO5. The minimum absolute atomic E-state index is 0.250. The number of hydrogen-bond acceptors (Lipinski definition) is 5. The number of ether oxygens (including phenoxy) is 3. The smallest absolute Gasteiger partial charge is 0.348 e. The Labute approximate surface area is 143 Å². The quantitative estimate of drug-likeness (QED) is 0.730. The summed E-state index contributed by atoms with van der Waals surface area (Å²) in [5.41, 5.74) is 1.17. The Morgan fingerprint density at radius 1 is 1.13 bits per heavy atom. The first kappa shape index (κ1) is 17.5. The summed E-state index contributed by atoms with van der Waals surface area (Å²) in [6, 6.07) is 7.41. The van der Waals surface area contributed by atoms with Gasteiger partial charge in [-0.05, 0) is 38.5 Å². The molecule has 0 N–H and O–H groups in total. The van der Waals surface area contributed by atoms with Crippen LogP contribution < -0.4 is 0 Å². The molecule has 0 saturated carbocycles. The van der Waals surface area contributed by atoms with Crippen LogP contribution in [0.1, 0.15) is 32.3 Å². The van der Waals surface area contributed by atoms with Crippen molar-refractivity contribution in [1.29, 1.82) is 0 Å². The Kier molecular flexibility index (Phi) is 5.82. The molecule has 0 spiro atoms. The van der Waals surface area contributed by atoms with Gasteiger partial charge in [0, 0.05) is 4.47 Å². The maximum Gasteiger partial charge on any atom is 0.348 e. The summed E-state index contributed by atoms with van der Waals surface area (Å²) in [5.74, 6) is -1.10. The molecule has 2 rings (SSSR count). The van der Waals surface area contributed by atoms with Crippen molar-refractivity contribution in [1.82, 2.24) is 0 Å². The van der Waals surface area contributed by atoms with E-state index in [-0.39, 0.29) is 13.2 Å². The average molecular weight is 383 g/mol. The Balaban J connectivity index is 2.43. The van der Waals surface area contributed by atoms with Gasteiger partial charge in [-0.3, -0.25) is 0 Å². The highest BCUT2D eigenvalue weighted by atomic mass is 79.9. The van der Waals surface area contributed by atoms with E-state index < -0.39 is 24.0 Å². The maximum absolute atomic E-state index is 12.3. The van der Waals surface area contributed by atoms with Crippen LogP contribution in [0.4, 0.5) is 0 Å². The fourth-order valence-electron chi connectivity index (χ4n) is 2.59. The minimum Gasteiger partial charge on any atom is -0.482 e. The van der Waals surface area contributed by atoms with Crippen molar-refractivity contribution in [3.05, 3.63) is 45.6 Å². The number of esters is 2. The number of rotatable bonds is 5. The summed E-state index contributed by atoms with van der Waals surface area (Å²) in [6.45, 7) is 5.64. The van der Waals surface area contributed by atoms with Gasteiger partial charge in [0.05, 0.1) is 24.7 Å². The molecule has 1 aromatic carbocycles. The number of allylic oxidation sites excluding steroid dienone is 1. The topological polar surface area (TPSA) is 61.8 Å². The highest BCUT2D eigenvalue weighted by Gasteiger charge is 2.45. The number of hydrogen-bond donors (Lipinski definition) is 0. The monoisotopic (exact) mass is 382 g/mol. The molecule has 0 radical (unpaired) electrons. The van der Waals surface area contributed by atoms with Gasteiger partial charge in [0.25, 0.3) is 0 Å². The van der Waals surface area contributed by atoms with Crippen LogP contribution in [0.25, 0.3) is 0 Å². The Morgan fingerprint density at radius 3 is 2.30 bits per heavy atom. The van der Waals surface area contributed by atoms with Gasteiger partial charge < -0.3 is 14.2 Å². The molecule has 5 nitrogen and oxygen atoms in total. The molecule has 1 heterocycles. The van der Waals surface area contributed by atoms with Crippen LogP contribution in [0.5, 0.6) is 0 Å². The van der Waals surface area contributed by atoms with Crippen LogP contribution in [-0.4, -0.2) is 31.3 Å². The van der Waals surface area contributed by atoms with Crippen LogP contribution in [0.15, 0.2) is 40.1 Å². The second kappa shape index (κ2) is 7.64. The number of benzene rings is 1. The van der Waals surface area contributed by atoms with Gasteiger partial charge in [-0.25, -0.2) is 9.59 Å². The van der Waals surface area contributed by atoms with Gasteiger partial charge in [0.2, 0.25) is 6.10 Å². The third kappa shape index (κ3) is 3.75. The molecule has 0 amide bonds. The first-order chi connectivity index (χ1) is 11.0.